The number of nitrogens with one attached hydrogen (secondary N) is 1. The summed E-state index contributed by atoms with van der Waals surface area (Å²) in [5.41, 5.74) is 2.02. The van der Waals surface area contributed by atoms with Crippen LogP contribution in [0.1, 0.15) is 37.0 Å². The topological polar surface area (TPSA) is 47.0 Å². The molecule has 0 aliphatic heterocycles. The molecule has 0 atom stereocenters. The van der Waals surface area contributed by atoms with E-state index in [2.05, 4.69) is 29.1 Å². The van der Waals surface area contributed by atoms with Crippen molar-refractivity contribution in [3.63, 3.8) is 0 Å². The van der Waals surface area contributed by atoms with Gasteiger partial charge in [-0.1, -0.05) is 13.8 Å². The van der Waals surface area contributed by atoms with E-state index in [0.717, 1.165) is 17.2 Å². The summed E-state index contributed by atoms with van der Waals surface area (Å²) in [7, 11) is 3.57. The first kappa shape index (κ1) is 12.1. The van der Waals surface area contributed by atoms with Gasteiger partial charge in [0.1, 0.15) is 5.82 Å². The highest BCUT2D eigenvalue weighted by Crippen LogP contribution is 2.13. The second-order valence-electron chi connectivity index (χ2n) is 3.82. The zero-order chi connectivity index (χ0) is 11.3. The number of hydrogen-bond acceptors (Lipinski definition) is 4. The molecule has 84 valence electrons. The van der Waals surface area contributed by atoms with Crippen molar-refractivity contribution >= 4 is 0 Å². The molecule has 15 heavy (non-hydrogen) atoms. The van der Waals surface area contributed by atoms with Crippen molar-refractivity contribution in [3.8, 4) is 0 Å². The first-order valence-corrected chi connectivity index (χ1v) is 5.17. The van der Waals surface area contributed by atoms with E-state index in [1.54, 1.807) is 7.11 Å². The second-order valence-corrected chi connectivity index (χ2v) is 3.82. The van der Waals surface area contributed by atoms with Crippen LogP contribution in [0.4, 0.5) is 0 Å². The molecule has 1 N–H and O–H groups in total. The van der Waals surface area contributed by atoms with Gasteiger partial charge in [-0.3, -0.25) is 0 Å². The summed E-state index contributed by atoms with van der Waals surface area (Å²) in [6.07, 6.45) is 0. The molecular weight excluding hydrogens is 190 g/mol. The van der Waals surface area contributed by atoms with Gasteiger partial charge in [-0.05, 0) is 19.0 Å². The van der Waals surface area contributed by atoms with Crippen LogP contribution in [0.5, 0.6) is 0 Å². The quantitative estimate of drug-likeness (QED) is 0.797. The van der Waals surface area contributed by atoms with Gasteiger partial charge < -0.3 is 10.1 Å². The monoisotopic (exact) mass is 209 g/mol. The van der Waals surface area contributed by atoms with E-state index in [4.69, 9.17) is 4.74 Å². The van der Waals surface area contributed by atoms with E-state index in [1.807, 2.05) is 13.1 Å². The van der Waals surface area contributed by atoms with E-state index in [-0.39, 0.29) is 0 Å². The Kier molecular flexibility index (Phi) is 4.65. The fourth-order valence-corrected chi connectivity index (χ4v) is 1.33. The van der Waals surface area contributed by atoms with Gasteiger partial charge in [-0.2, -0.15) is 0 Å². The Morgan fingerprint density at radius 2 is 2.13 bits per heavy atom. The highest BCUT2D eigenvalue weighted by atomic mass is 16.5. The Morgan fingerprint density at radius 3 is 2.67 bits per heavy atom. The van der Waals surface area contributed by atoms with Crippen molar-refractivity contribution in [2.45, 2.75) is 32.9 Å². The van der Waals surface area contributed by atoms with Gasteiger partial charge in [0.05, 0.1) is 18.8 Å². The summed E-state index contributed by atoms with van der Waals surface area (Å²) in [6, 6.07) is 2.01. The maximum absolute atomic E-state index is 5.09. The van der Waals surface area contributed by atoms with Crippen LogP contribution in [0.3, 0.4) is 0 Å². The third-order valence-electron chi connectivity index (χ3n) is 2.06. The van der Waals surface area contributed by atoms with Crippen molar-refractivity contribution in [3.05, 3.63) is 23.3 Å². The molecule has 4 nitrogen and oxygen atoms in total. The fourth-order valence-electron chi connectivity index (χ4n) is 1.33. The predicted molar refractivity (Wildman–Crippen MR) is 59.6 cm³/mol. The minimum absolute atomic E-state index is 0.416. The van der Waals surface area contributed by atoms with E-state index < -0.39 is 0 Å². The summed E-state index contributed by atoms with van der Waals surface area (Å²) < 4.78 is 5.09. The lowest BCUT2D eigenvalue weighted by atomic mass is 10.1. The van der Waals surface area contributed by atoms with Crippen LogP contribution < -0.4 is 5.32 Å². The SMILES string of the molecule is CNCc1nc(COC)cc(C(C)C)n1. The molecule has 4 heteroatoms. The highest BCUT2D eigenvalue weighted by molar-refractivity contribution is 5.13. The van der Waals surface area contributed by atoms with Crippen molar-refractivity contribution in [2.24, 2.45) is 0 Å². The van der Waals surface area contributed by atoms with Gasteiger partial charge in [0.2, 0.25) is 0 Å². The number of rotatable bonds is 5. The van der Waals surface area contributed by atoms with Crippen LogP contribution in [0.15, 0.2) is 6.07 Å². The lowest BCUT2D eigenvalue weighted by Gasteiger charge is -2.09. The summed E-state index contributed by atoms with van der Waals surface area (Å²) in [5, 5.41) is 3.05. The third kappa shape index (κ3) is 3.57. The first-order valence-electron chi connectivity index (χ1n) is 5.17. The van der Waals surface area contributed by atoms with Crippen molar-refractivity contribution in [1.82, 2.24) is 15.3 Å². The largest absolute Gasteiger partial charge is 0.378 e. The van der Waals surface area contributed by atoms with Crippen LogP contribution in [-0.4, -0.2) is 24.1 Å². The smallest absolute Gasteiger partial charge is 0.142 e. The molecule has 1 heterocycles. The number of aromatic nitrogens is 2. The Morgan fingerprint density at radius 1 is 1.40 bits per heavy atom. The maximum atomic E-state index is 5.09. The lowest BCUT2D eigenvalue weighted by Crippen LogP contribution is -2.12. The zero-order valence-electron chi connectivity index (χ0n) is 9.87. The molecule has 0 unspecified atom stereocenters. The molecule has 0 radical (unpaired) electrons. The Balaban J connectivity index is 2.97. The van der Waals surface area contributed by atoms with E-state index in [1.165, 1.54) is 0 Å². The molecule has 1 aromatic rings. The van der Waals surface area contributed by atoms with E-state index in [0.29, 0.717) is 19.1 Å². The minimum Gasteiger partial charge on any atom is -0.378 e. The average molecular weight is 209 g/mol. The van der Waals surface area contributed by atoms with Gasteiger partial charge >= 0.3 is 0 Å². The third-order valence-corrected chi connectivity index (χ3v) is 2.06. The number of ether oxygens (including phenoxy) is 1. The summed E-state index contributed by atoms with van der Waals surface area (Å²) >= 11 is 0. The molecule has 0 bridgehead atoms. The molecule has 0 aliphatic rings. The van der Waals surface area contributed by atoms with Gasteiger partial charge in [-0.15, -0.1) is 0 Å². The maximum Gasteiger partial charge on any atom is 0.142 e. The van der Waals surface area contributed by atoms with Crippen molar-refractivity contribution < 1.29 is 4.74 Å². The molecule has 0 saturated heterocycles. The number of nitrogens with zero attached hydrogens (tertiary/aromatic N) is 2. The predicted octanol–water partition coefficient (Wildman–Crippen LogP) is 1.47. The summed E-state index contributed by atoms with van der Waals surface area (Å²) in [4.78, 5) is 8.87. The normalized spacial score (nSPS) is 11.0. The van der Waals surface area contributed by atoms with Crippen molar-refractivity contribution in [2.75, 3.05) is 14.2 Å². The van der Waals surface area contributed by atoms with E-state index in [9.17, 15) is 0 Å². The summed E-state index contributed by atoms with van der Waals surface area (Å²) in [6.45, 7) is 5.49. The Labute approximate surface area is 91.1 Å². The molecule has 0 aliphatic carbocycles. The minimum atomic E-state index is 0.416. The molecule has 1 rings (SSSR count). The molecule has 0 saturated carbocycles. The molecule has 1 aromatic heterocycles. The fraction of sp³-hybridized carbons (Fsp3) is 0.636. The lowest BCUT2D eigenvalue weighted by molar-refractivity contribution is 0.181. The number of methoxy groups -OCH3 is 1. The van der Waals surface area contributed by atoms with Gasteiger partial charge in [0.25, 0.3) is 0 Å². The standard InChI is InChI=1S/C11H19N3O/c1-8(2)10-5-9(7-15-4)13-11(14-10)6-12-3/h5,8,12H,6-7H2,1-4H3. The van der Waals surface area contributed by atoms with Crippen LogP contribution in [-0.2, 0) is 17.9 Å². The van der Waals surface area contributed by atoms with Gasteiger partial charge in [0.15, 0.2) is 0 Å². The average Bonchev–Trinajstić information content (AvgIpc) is 2.18. The molecule has 0 amide bonds. The molecule has 0 fully saturated rings. The van der Waals surface area contributed by atoms with Gasteiger partial charge in [0, 0.05) is 12.8 Å². The van der Waals surface area contributed by atoms with E-state index >= 15 is 0 Å². The highest BCUT2D eigenvalue weighted by Gasteiger charge is 2.06. The Hall–Kier alpha value is -1.00. The van der Waals surface area contributed by atoms with Gasteiger partial charge in [-0.25, -0.2) is 9.97 Å². The zero-order valence-corrected chi connectivity index (χ0v) is 9.87. The number of hydrogen-bond donors (Lipinski definition) is 1. The first-order chi connectivity index (χ1) is 7.17. The molecular formula is C11H19N3O. The molecule has 0 spiro atoms. The summed E-state index contributed by atoms with van der Waals surface area (Å²) in [5.74, 6) is 1.25. The van der Waals surface area contributed by atoms with Crippen LogP contribution in [0.25, 0.3) is 0 Å². The van der Waals surface area contributed by atoms with Crippen LogP contribution in [0.2, 0.25) is 0 Å². The van der Waals surface area contributed by atoms with Crippen LogP contribution >= 0.6 is 0 Å². The Bertz CT molecular complexity index is 288. The second kappa shape index (κ2) is 5.78. The van der Waals surface area contributed by atoms with Crippen LogP contribution in [0, 0.1) is 0 Å². The van der Waals surface area contributed by atoms with Crippen molar-refractivity contribution in [1.29, 1.82) is 0 Å². The molecule has 0 aromatic carbocycles.